The number of aryl methyl sites for hydroxylation is 1. The van der Waals surface area contributed by atoms with E-state index in [-0.39, 0.29) is 47.0 Å². The molecule has 2 fully saturated rings. The standard InChI is InChI=1S/C43H48F3N9O6/c1-24(26-19-27(43(44,45)46)21-28(47)20-26)51-37-31-22-30(40(59)53(2)38(31)50-23-49-37)25-14-17-54(18-15-25)35(57)11-6-4-3-5-7-16-48-32-10-8-9-29-36(32)42(61)55(41(29)60)33-12-13-34(56)52-39(33)58/h8-10,19-25,33,48H,3-7,11-18,47H2,1-2H3,(H,49,50,51)(H,52,56,58)/t24-,33?/m1/s1. The Morgan fingerprint density at radius 3 is 2.43 bits per heavy atom. The molecule has 0 radical (unpaired) electrons. The predicted octanol–water partition coefficient (Wildman–Crippen LogP) is 5.66. The van der Waals surface area contributed by atoms with Gasteiger partial charge in [0.25, 0.3) is 17.4 Å². The van der Waals surface area contributed by atoms with E-state index < -0.39 is 47.5 Å². The number of fused-ring (bicyclic) bond motifs is 2. The molecule has 322 valence electrons. The van der Waals surface area contributed by atoms with Crippen LogP contribution in [0.25, 0.3) is 11.0 Å². The van der Waals surface area contributed by atoms with Gasteiger partial charge in [-0.3, -0.25) is 43.6 Å². The number of hydrogen-bond acceptors (Lipinski definition) is 11. The van der Waals surface area contributed by atoms with Crippen molar-refractivity contribution < 1.29 is 37.1 Å². The summed E-state index contributed by atoms with van der Waals surface area (Å²) >= 11 is 0. The third-order valence-corrected chi connectivity index (χ3v) is 11.8. The van der Waals surface area contributed by atoms with E-state index in [2.05, 4.69) is 25.9 Å². The highest BCUT2D eigenvalue weighted by atomic mass is 19.4. The smallest absolute Gasteiger partial charge is 0.399 e. The normalized spacial score (nSPS) is 17.8. The summed E-state index contributed by atoms with van der Waals surface area (Å²) < 4.78 is 41.9. The number of likely N-dealkylation sites (tertiary alicyclic amines) is 1. The summed E-state index contributed by atoms with van der Waals surface area (Å²) in [5.74, 6) is -1.87. The van der Waals surface area contributed by atoms with Gasteiger partial charge in [0.05, 0.1) is 28.1 Å². The van der Waals surface area contributed by atoms with Crippen molar-refractivity contribution in [2.45, 2.75) is 95.3 Å². The molecule has 7 rings (SSSR count). The van der Waals surface area contributed by atoms with Crippen LogP contribution in [-0.2, 0) is 27.6 Å². The van der Waals surface area contributed by atoms with Gasteiger partial charge in [-0.2, -0.15) is 13.2 Å². The highest BCUT2D eigenvalue weighted by molar-refractivity contribution is 6.25. The van der Waals surface area contributed by atoms with Crippen LogP contribution in [0.2, 0.25) is 0 Å². The minimum atomic E-state index is -4.56. The molecule has 0 aliphatic carbocycles. The number of alkyl halides is 3. The third kappa shape index (κ3) is 9.07. The van der Waals surface area contributed by atoms with Gasteiger partial charge in [-0.25, -0.2) is 9.97 Å². The number of aromatic nitrogens is 3. The monoisotopic (exact) mass is 843 g/mol. The molecule has 5 N–H and O–H groups in total. The largest absolute Gasteiger partial charge is 0.416 e. The van der Waals surface area contributed by atoms with Gasteiger partial charge in [0.15, 0.2) is 0 Å². The highest BCUT2D eigenvalue weighted by Crippen LogP contribution is 2.36. The molecule has 2 aromatic carbocycles. The maximum Gasteiger partial charge on any atom is 0.416 e. The molecule has 5 amide bonds. The topological polar surface area (TPSA) is 202 Å². The van der Waals surface area contributed by atoms with Gasteiger partial charge in [0, 0.05) is 56.5 Å². The van der Waals surface area contributed by atoms with E-state index in [1.54, 1.807) is 38.2 Å². The lowest BCUT2D eigenvalue weighted by molar-refractivity contribution is -0.138. The van der Waals surface area contributed by atoms with Crippen LogP contribution in [0.4, 0.5) is 30.4 Å². The van der Waals surface area contributed by atoms with Gasteiger partial charge in [0.1, 0.15) is 23.8 Å². The average Bonchev–Trinajstić information content (AvgIpc) is 3.48. The number of nitrogens with two attached hydrogens (primary N) is 1. The quantitative estimate of drug-likeness (QED) is 0.0693. The molecule has 0 spiro atoms. The number of carbonyl (C=O) groups is 5. The van der Waals surface area contributed by atoms with E-state index in [0.717, 1.165) is 49.1 Å². The molecule has 2 atom stereocenters. The Bertz CT molecular complexity index is 2450. The summed E-state index contributed by atoms with van der Waals surface area (Å²) in [5.41, 5.74) is 6.97. The van der Waals surface area contributed by atoms with E-state index in [1.165, 1.54) is 17.0 Å². The number of anilines is 3. The van der Waals surface area contributed by atoms with Crippen LogP contribution in [0.3, 0.4) is 0 Å². The van der Waals surface area contributed by atoms with Crippen molar-refractivity contribution in [1.29, 1.82) is 0 Å². The molecule has 1 unspecified atom stereocenters. The zero-order valence-electron chi connectivity index (χ0n) is 33.9. The zero-order valence-corrected chi connectivity index (χ0v) is 33.9. The summed E-state index contributed by atoms with van der Waals surface area (Å²) in [5, 5.41) is 9.21. The van der Waals surface area contributed by atoms with Crippen LogP contribution < -0.4 is 27.2 Å². The fraction of sp³-hybridized carbons (Fsp3) is 0.442. The number of imide groups is 2. The number of benzene rings is 2. The van der Waals surface area contributed by atoms with Gasteiger partial charge in [-0.1, -0.05) is 25.3 Å². The molecule has 3 aliphatic rings. The predicted molar refractivity (Wildman–Crippen MR) is 221 cm³/mol. The molecule has 15 nitrogen and oxygen atoms in total. The molecule has 3 aliphatic heterocycles. The highest BCUT2D eigenvalue weighted by Gasteiger charge is 2.45. The minimum absolute atomic E-state index is 0.0141. The van der Waals surface area contributed by atoms with Gasteiger partial charge in [-0.05, 0) is 86.9 Å². The molecule has 61 heavy (non-hydrogen) atoms. The van der Waals surface area contributed by atoms with Crippen molar-refractivity contribution in [2.24, 2.45) is 7.05 Å². The second kappa shape index (κ2) is 17.7. The number of carbonyl (C=O) groups excluding carboxylic acids is 5. The number of hydrogen-bond donors (Lipinski definition) is 4. The first-order valence-corrected chi connectivity index (χ1v) is 20.6. The van der Waals surface area contributed by atoms with Gasteiger partial charge >= 0.3 is 6.18 Å². The van der Waals surface area contributed by atoms with Crippen LogP contribution in [0.1, 0.15) is 120 Å². The summed E-state index contributed by atoms with van der Waals surface area (Å²) in [4.78, 5) is 88.6. The summed E-state index contributed by atoms with van der Waals surface area (Å²) in [7, 11) is 1.62. The van der Waals surface area contributed by atoms with Crippen molar-refractivity contribution in [2.75, 3.05) is 36.0 Å². The van der Waals surface area contributed by atoms with E-state index in [0.29, 0.717) is 72.6 Å². The van der Waals surface area contributed by atoms with Crippen molar-refractivity contribution in [3.8, 4) is 0 Å². The van der Waals surface area contributed by atoms with Crippen molar-refractivity contribution in [3.05, 3.63) is 87.0 Å². The van der Waals surface area contributed by atoms with E-state index in [9.17, 15) is 41.9 Å². The molecule has 4 aromatic rings. The van der Waals surface area contributed by atoms with Crippen molar-refractivity contribution in [3.63, 3.8) is 0 Å². The molecular weight excluding hydrogens is 796 g/mol. The number of unbranched alkanes of at least 4 members (excludes halogenated alkanes) is 4. The van der Waals surface area contributed by atoms with Crippen LogP contribution in [-0.4, -0.2) is 79.5 Å². The first kappa shape index (κ1) is 42.8. The minimum Gasteiger partial charge on any atom is -0.399 e. The van der Waals surface area contributed by atoms with E-state index >= 15 is 0 Å². The second-order valence-corrected chi connectivity index (χ2v) is 16.0. The van der Waals surface area contributed by atoms with Gasteiger partial charge in [-0.15, -0.1) is 0 Å². The maximum absolute atomic E-state index is 13.5. The lowest BCUT2D eigenvalue weighted by Crippen LogP contribution is -2.54. The third-order valence-electron chi connectivity index (χ3n) is 11.8. The Morgan fingerprint density at radius 1 is 0.951 bits per heavy atom. The maximum atomic E-state index is 13.5. The average molecular weight is 844 g/mol. The van der Waals surface area contributed by atoms with Crippen LogP contribution >= 0.6 is 0 Å². The van der Waals surface area contributed by atoms with Gasteiger partial charge < -0.3 is 21.3 Å². The lowest BCUT2D eigenvalue weighted by atomic mass is 9.89. The number of nitrogen functional groups attached to an aromatic ring is 1. The molecule has 18 heteroatoms. The molecular formula is C43H48F3N9O6. The molecule has 5 heterocycles. The van der Waals surface area contributed by atoms with Crippen LogP contribution in [0.15, 0.2) is 53.6 Å². The Kier molecular flexibility index (Phi) is 12.4. The zero-order chi connectivity index (χ0) is 43.6. The Hall–Kier alpha value is -6.33. The molecule has 0 bridgehead atoms. The number of halogens is 3. The number of rotatable bonds is 14. The number of piperidine rings is 2. The first-order valence-electron chi connectivity index (χ1n) is 20.6. The first-order chi connectivity index (χ1) is 29.1. The number of nitrogens with one attached hydrogen (secondary N) is 3. The molecule has 0 saturated carbocycles. The van der Waals surface area contributed by atoms with Crippen molar-refractivity contribution in [1.82, 2.24) is 29.7 Å². The SMILES string of the molecule is C[C@@H](Nc1ncnc2c1cc(C1CCN(C(=O)CCCCCCCNc3cccc4c3C(=O)N(C3CCC(=O)NC3=O)C4=O)CC1)c(=O)n2C)c1cc(N)cc(C(F)(F)F)c1. The Morgan fingerprint density at radius 2 is 1.69 bits per heavy atom. The fourth-order valence-electron chi connectivity index (χ4n) is 8.49. The van der Waals surface area contributed by atoms with Crippen molar-refractivity contribution >= 4 is 57.8 Å². The number of amides is 5. The van der Waals surface area contributed by atoms with Crippen LogP contribution in [0, 0.1) is 0 Å². The summed E-state index contributed by atoms with van der Waals surface area (Å²) in [6, 6.07) is 8.51. The van der Waals surface area contributed by atoms with E-state index in [1.807, 2.05) is 4.90 Å². The number of pyridine rings is 1. The molecule has 2 saturated heterocycles. The summed E-state index contributed by atoms with van der Waals surface area (Å²) in [6.07, 6.45) is 2.67. The Labute approximate surface area is 349 Å². The van der Waals surface area contributed by atoms with Crippen LogP contribution in [0.5, 0.6) is 0 Å². The lowest BCUT2D eigenvalue weighted by Gasteiger charge is -2.32. The van der Waals surface area contributed by atoms with Gasteiger partial charge in [0.2, 0.25) is 17.7 Å². The second-order valence-electron chi connectivity index (χ2n) is 16.0. The molecule has 2 aromatic heterocycles. The summed E-state index contributed by atoms with van der Waals surface area (Å²) in [6.45, 7) is 3.27. The van der Waals surface area contributed by atoms with E-state index in [4.69, 9.17) is 5.73 Å². The number of nitrogens with zero attached hydrogens (tertiary/aromatic N) is 5. The Balaban J connectivity index is 0.862. The fourth-order valence-corrected chi connectivity index (χ4v) is 8.49.